The van der Waals surface area contributed by atoms with Crippen molar-refractivity contribution in [3.8, 4) is 0 Å². The minimum atomic E-state index is -4.37. The predicted octanol–water partition coefficient (Wildman–Crippen LogP) is 5.34. The van der Waals surface area contributed by atoms with Gasteiger partial charge in [-0.25, -0.2) is 26.8 Å². The lowest BCUT2D eigenvalue weighted by molar-refractivity contribution is 0.00797. The number of nitrogens with zero attached hydrogens (tertiary/aromatic N) is 4. The molecule has 2 saturated heterocycles. The number of rotatable bonds is 4. The number of sulfonamides is 1. The van der Waals surface area contributed by atoms with Crippen LogP contribution in [0.3, 0.4) is 0 Å². The van der Waals surface area contributed by atoms with E-state index in [0.29, 0.717) is 24.4 Å². The van der Waals surface area contributed by atoms with E-state index in [0.717, 1.165) is 22.5 Å². The van der Waals surface area contributed by atoms with Crippen molar-refractivity contribution in [1.29, 1.82) is 0 Å². The molecule has 1 unspecified atom stereocenters. The highest BCUT2D eigenvalue weighted by molar-refractivity contribution is 7.92. The maximum absolute atomic E-state index is 15.1. The molecular weight excluding hydrogens is 578 g/mol. The average molecular weight is 613 g/mol. The molecule has 2 atom stereocenters. The molecule has 2 aliphatic heterocycles. The average Bonchev–Trinajstić information content (AvgIpc) is 2.89. The molecule has 2 aromatic rings. The molecule has 41 heavy (non-hydrogen) atoms. The Bertz CT molecular complexity index is 1390. The summed E-state index contributed by atoms with van der Waals surface area (Å²) in [5.41, 5.74) is -1.08. The predicted molar refractivity (Wildman–Crippen MR) is 151 cm³/mol. The van der Waals surface area contributed by atoms with Gasteiger partial charge in [-0.2, -0.15) is 0 Å². The van der Waals surface area contributed by atoms with Crippen LogP contribution in [0.5, 0.6) is 0 Å². The second kappa shape index (κ2) is 12.0. The number of halogens is 3. The van der Waals surface area contributed by atoms with Crippen LogP contribution in [0, 0.1) is 11.6 Å². The number of hydrogen-bond donors (Lipinski definition) is 0. The lowest BCUT2D eigenvalue weighted by atomic mass is 10.0. The van der Waals surface area contributed by atoms with E-state index in [4.69, 9.17) is 16.3 Å². The second-order valence-electron chi connectivity index (χ2n) is 11.3. The van der Waals surface area contributed by atoms with E-state index < -0.39 is 45.1 Å². The third-order valence-corrected chi connectivity index (χ3v) is 9.17. The van der Waals surface area contributed by atoms with Crippen LogP contribution in [0.4, 0.5) is 24.1 Å². The van der Waals surface area contributed by atoms with E-state index in [1.165, 1.54) is 29.2 Å². The van der Waals surface area contributed by atoms with E-state index in [9.17, 15) is 22.4 Å². The van der Waals surface area contributed by atoms with Gasteiger partial charge in [-0.05, 0) is 76.9 Å². The summed E-state index contributed by atoms with van der Waals surface area (Å²) in [5, 5.41) is 0.322. The van der Waals surface area contributed by atoms with Gasteiger partial charge in [0.1, 0.15) is 17.2 Å². The van der Waals surface area contributed by atoms with Gasteiger partial charge in [-0.15, -0.1) is 0 Å². The number of amides is 3. The van der Waals surface area contributed by atoms with Crippen LogP contribution in [0.2, 0.25) is 5.02 Å². The number of urea groups is 1. The van der Waals surface area contributed by atoms with Gasteiger partial charge in [-0.1, -0.05) is 11.6 Å². The summed E-state index contributed by atoms with van der Waals surface area (Å²) in [5.74, 6) is -1.70. The Balaban J connectivity index is 1.57. The van der Waals surface area contributed by atoms with E-state index >= 15 is 4.39 Å². The molecule has 4 rings (SSSR count). The van der Waals surface area contributed by atoms with Crippen LogP contribution in [-0.4, -0.2) is 85.7 Å². The number of ether oxygens (including phenoxy) is 1. The van der Waals surface area contributed by atoms with Gasteiger partial charge in [0.25, 0.3) is 10.0 Å². The van der Waals surface area contributed by atoms with Crippen LogP contribution < -0.4 is 4.31 Å². The minimum absolute atomic E-state index is 0.0272. The van der Waals surface area contributed by atoms with Crippen LogP contribution in [0.25, 0.3) is 0 Å². The smallest absolute Gasteiger partial charge is 0.410 e. The minimum Gasteiger partial charge on any atom is -0.444 e. The molecule has 2 fully saturated rings. The van der Waals surface area contributed by atoms with Crippen molar-refractivity contribution in [2.75, 3.05) is 37.0 Å². The molecule has 0 N–H and O–H groups in total. The quantitative estimate of drug-likeness (QED) is 0.465. The van der Waals surface area contributed by atoms with Gasteiger partial charge in [0.15, 0.2) is 0 Å². The summed E-state index contributed by atoms with van der Waals surface area (Å²) in [7, 11) is -4.37. The Kier molecular flexibility index (Phi) is 9.03. The molecule has 2 aromatic carbocycles. The van der Waals surface area contributed by atoms with Gasteiger partial charge in [0, 0.05) is 49.9 Å². The molecule has 0 spiro atoms. The molecular formula is C28H35ClF2N4O5S. The van der Waals surface area contributed by atoms with Crippen molar-refractivity contribution in [3.63, 3.8) is 0 Å². The highest BCUT2D eigenvalue weighted by Gasteiger charge is 2.40. The zero-order valence-corrected chi connectivity index (χ0v) is 25.1. The number of piperazine rings is 1. The molecule has 0 aliphatic carbocycles. The molecule has 13 heteroatoms. The monoisotopic (exact) mass is 612 g/mol. The van der Waals surface area contributed by atoms with Gasteiger partial charge >= 0.3 is 12.1 Å². The first-order valence-corrected chi connectivity index (χ1v) is 15.3. The number of benzene rings is 2. The van der Waals surface area contributed by atoms with Crippen molar-refractivity contribution >= 4 is 39.4 Å². The van der Waals surface area contributed by atoms with Crippen molar-refractivity contribution in [1.82, 2.24) is 14.7 Å². The summed E-state index contributed by atoms with van der Waals surface area (Å²) in [4.78, 5) is 30.8. The summed E-state index contributed by atoms with van der Waals surface area (Å²) in [6.07, 6.45) is 0.329. The standard InChI is InChI=1S/C28H35ClF2N4O5S/c1-19-17-33(27(37)40-28(2,3)4)14-15-34(19)26(36)32-13-5-6-22(18-32)35(25-16-21(30)9-12-24(25)31)41(38,39)23-10-7-20(29)8-11-23/h7-12,16,19,22H,5-6,13-15,17-18H2,1-4H3/t19-,22?/m0/s1. The first-order chi connectivity index (χ1) is 19.2. The fourth-order valence-corrected chi connectivity index (χ4v) is 6.93. The van der Waals surface area contributed by atoms with Gasteiger partial charge in [-0.3, -0.25) is 4.31 Å². The normalized spacial score (nSPS) is 20.1. The Morgan fingerprint density at radius 1 is 1.00 bits per heavy atom. The van der Waals surface area contributed by atoms with E-state index in [-0.39, 0.29) is 43.1 Å². The molecule has 0 bridgehead atoms. The molecule has 3 amide bonds. The SMILES string of the molecule is C[C@H]1CN(C(=O)OC(C)(C)C)CCN1C(=O)N1CCCC(N(c2cc(F)ccc2F)S(=O)(=O)c2ccc(Cl)cc2)C1. The third-order valence-electron chi connectivity index (χ3n) is 7.04. The fraction of sp³-hybridized carbons (Fsp3) is 0.500. The van der Waals surface area contributed by atoms with Crippen molar-refractivity contribution in [2.24, 2.45) is 0 Å². The molecule has 0 aromatic heterocycles. The van der Waals surface area contributed by atoms with Crippen molar-refractivity contribution < 1.29 is 31.5 Å². The molecule has 2 heterocycles. The third kappa shape index (κ3) is 7.03. The van der Waals surface area contributed by atoms with Crippen LogP contribution in [-0.2, 0) is 14.8 Å². The molecule has 224 valence electrons. The maximum atomic E-state index is 15.1. The van der Waals surface area contributed by atoms with Gasteiger partial charge in [0.05, 0.1) is 16.6 Å². The van der Waals surface area contributed by atoms with Crippen LogP contribution in [0.1, 0.15) is 40.5 Å². The van der Waals surface area contributed by atoms with E-state index in [2.05, 4.69) is 0 Å². The first-order valence-electron chi connectivity index (χ1n) is 13.5. The lowest BCUT2D eigenvalue weighted by Crippen LogP contribution is -2.61. The Morgan fingerprint density at radius 3 is 2.32 bits per heavy atom. The Labute approximate surface area is 244 Å². The number of carbonyl (C=O) groups is 2. The summed E-state index contributed by atoms with van der Waals surface area (Å²) >= 11 is 5.95. The lowest BCUT2D eigenvalue weighted by Gasteiger charge is -2.45. The number of hydrogen-bond acceptors (Lipinski definition) is 5. The zero-order chi connectivity index (χ0) is 30.1. The highest BCUT2D eigenvalue weighted by Crippen LogP contribution is 2.33. The molecule has 0 saturated carbocycles. The van der Waals surface area contributed by atoms with Gasteiger partial charge in [0.2, 0.25) is 0 Å². The van der Waals surface area contributed by atoms with E-state index in [1.54, 1.807) is 30.6 Å². The number of carbonyl (C=O) groups excluding carboxylic acids is 2. The molecule has 9 nitrogen and oxygen atoms in total. The number of anilines is 1. The largest absolute Gasteiger partial charge is 0.444 e. The fourth-order valence-electron chi connectivity index (χ4n) is 5.13. The van der Waals surface area contributed by atoms with Crippen LogP contribution >= 0.6 is 11.6 Å². The Morgan fingerprint density at radius 2 is 1.68 bits per heavy atom. The summed E-state index contributed by atoms with van der Waals surface area (Å²) in [6.45, 7) is 8.36. The number of likely N-dealkylation sites (tertiary alicyclic amines) is 1. The summed E-state index contributed by atoms with van der Waals surface area (Å²) in [6, 6.07) is 6.58. The topological polar surface area (TPSA) is 90.5 Å². The van der Waals surface area contributed by atoms with E-state index in [1.807, 2.05) is 6.92 Å². The summed E-state index contributed by atoms with van der Waals surface area (Å²) < 4.78 is 63.4. The second-order valence-corrected chi connectivity index (χ2v) is 13.6. The molecule has 2 aliphatic rings. The zero-order valence-electron chi connectivity index (χ0n) is 23.5. The van der Waals surface area contributed by atoms with Crippen LogP contribution in [0.15, 0.2) is 47.4 Å². The highest BCUT2D eigenvalue weighted by atomic mass is 35.5. The van der Waals surface area contributed by atoms with Crippen molar-refractivity contribution in [3.05, 3.63) is 59.1 Å². The first kappa shape index (κ1) is 30.8. The van der Waals surface area contributed by atoms with Crippen molar-refractivity contribution in [2.45, 2.75) is 63.1 Å². The number of piperidine rings is 1. The van der Waals surface area contributed by atoms with Gasteiger partial charge < -0.3 is 19.4 Å². The molecule has 0 radical (unpaired) electrons. The Hall–Kier alpha value is -3.12. The maximum Gasteiger partial charge on any atom is 0.410 e.